The summed E-state index contributed by atoms with van der Waals surface area (Å²) >= 11 is 0. The number of pyridine rings is 1. The SMILES string of the molecule is NC(=O)CN1CCCC(C(=O)NCCOc2cccc3cccnc23)C1. The number of nitrogens with two attached hydrogens (primary N) is 1. The molecule has 1 aromatic carbocycles. The van der Waals surface area contributed by atoms with Crippen LogP contribution < -0.4 is 15.8 Å². The van der Waals surface area contributed by atoms with Crippen LogP contribution >= 0.6 is 0 Å². The summed E-state index contributed by atoms with van der Waals surface area (Å²) in [6.07, 6.45) is 3.45. The number of para-hydroxylation sites is 1. The Balaban J connectivity index is 1.45. The summed E-state index contributed by atoms with van der Waals surface area (Å²) in [5.41, 5.74) is 6.05. The van der Waals surface area contributed by atoms with E-state index >= 15 is 0 Å². The number of hydrogen-bond acceptors (Lipinski definition) is 5. The molecule has 1 fully saturated rings. The Morgan fingerprint density at radius 1 is 1.31 bits per heavy atom. The van der Waals surface area contributed by atoms with Crippen molar-refractivity contribution in [2.45, 2.75) is 12.8 Å². The quantitative estimate of drug-likeness (QED) is 0.719. The van der Waals surface area contributed by atoms with Crippen LogP contribution in [0, 0.1) is 5.92 Å². The Kier molecular flexibility index (Phi) is 6.01. The first-order valence-corrected chi connectivity index (χ1v) is 8.88. The smallest absolute Gasteiger partial charge is 0.231 e. The fourth-order valence-electron chi connectivity index (χ4n) is 3.31. The van der Waals surface area contributed by atoms with Gasteiger partial charge in [-0.25, -0.2) is 0 Å². The third kappa shape index (κ3) is 4.70. The van der Waals surface area contributed by atoms with E-state index in [0.717, 1.165) is 30.3 Å². The minimum Gasteiger partial charge on any atom is -0.489 e. The first-order chi connectivity index (χ1) is 12.6. The van der Waals surface area contributed by atoms with Gasteiger partial charge in [0.05, 0.1) is 19.0 Å². The molecular weight excluding hydrogens is 332 g/mol. The summed E-state index contributed by atoms with van der Waals surface area (Å²) in [7, 11) is 0. The maximum Gasteiger partial charge on any atom is 0.231 e. The molecule has 3 N–H and O–H groups in total. The molecule has 1 aliphatic rings. The lowest BCUT2D eigenvalue weighted by molar-refractivity contribution is -0.128. The third-order valence-electron chi connectivity index (χ3n) is 4.51. The fraction of sp³-hybridized carbons (Fsp3) is 0.421. The Morgan fingerprint density at radius 2 is 2.15 bits per heavy atom. The van der Waals surface area contributed by atoms with Gasteiger partial charge in [-0.2, -0.15) is 0 Å². The molecule has 1 aliphatic heterocycles. The van der Waals surface area contributed by atoms with Crippen molar-refractivity contribution in [3.05, 3.63) is 36.5 Å². The van der Waals surface area contributed by atoms with E-state index in [4.69, 9.17) is 10.5 Å². The molecule has 2 aromatic rings. The number of carbonyl (C=O) groups excluding carboxylic acids is 2. The summed E-state index contributed by atoms with van der Waals surface area (Å²) < 4.78 is 5.78. The second-order valence-corrected chi connectivity index (χ2v) is 6.51. The van der Waals surface area contributed by atoms with Crippen LogP contribution in [0.25, 0.3) is 10.9 Å². The maximum atomic E-state index is 12.3. The number of fused-ring (bicyclic) bond motifs is 1. The van der Waals surface area contributed by atoms with E-state index in [2.05, 4.69) is 10.3 Å². The molecule has 138 valence electrons. The second-order valence-electron chi connectivity index (χ2n) is 6.51. The second kappa shape index (κ2) is 8.62. The highest BCUT2D eigenvalue weighted by Crippen LogP contribution is 2.22. The van der Waals surface area contributed by atoms with Gasteiger partial charge in [-0.1, -0.05) is 18.2 Å². The first kappa shape index (κ1) is 18.1. The molecule has 0 radical (unpaired) electrons. The monoisotopic (exact) mass is 356 g/mol. The molecular formula is C19H24N4O3. The summed E-state index contributed by atoms with van der Waals surface area (Å²) in [4.78, 5) is 29.7. The predicted molar refractivity (Wildman–Crippen MR) is 98.6 cm³/mol. The Labute approximate surface area is 152 Å². The van der Waals surface area contributed by atoms with E-state index in [9.17, 15) is 9.59 Å². The lowest BCUT2D eigenvalue weighted by atomic mass is 9.97. The van der Waals surface area contributed by atoms with Gasteiger partial charge in [0.25, 0.3) is 0 Å². The van der Waals surface area contributed by atoms with Crippen LogP contribution in [0.5, 0.6) is 5.75 Å². The van der Waals surface area contributed by atoms with Gasteiger partial charge in [-0.15, -0.1) is 0 Å². The molecule has 26 heavy (non-hydrogen) atoms. The highest BCUT2D eigenvalue weighted by molar-refractivity contribution is 5.84. The van der Waals surface area contributed by atoms with Crippen molar-refractivity contribution < 1.29 is 14.3 Å². The number of carbonyl (C=O) groups is 2. The van der Waals surface area contributed by atoms with E-state index in [1.807, 2.05) is 35.2 Å². The predicted octanol–water partition coefficient (Wildman–Crippen LogP) is 0.927. The molecule has 1 atom stereocenters. The molecule has 2 heterocycles. The van der Waals surface area contributed by atoms with Crippen molar-refractivity contribution in [3.63, 3.8) is 0 Å². The number of nitrogens with one attached hydrogen (secondary N) is 1. The van der Waals surface area contributed by atoms with Crippen LogP contribution in [0.4, 0.5) is 0 Å². The van der Waals surface area contributed by atoms with Crippen LogP contribution in [0.2, 0.25) is 0 Å². The average Bonchev–Trinajstić information content (AvgIpc) is 2.65. The Hall–Kier alpha value is -2.67. The fourth-order valence-corrected chi connectivity index (χ4v) is 3.31. The highest BCUT2D eigenvalue weighted by atomic mass is 16.5. The summed E-state index contributed by atoms with van der Waals surface area (Å²) in [5.74, 6) is 0.243. The van der Waals surface area contributed by atoms with Crippen molar-refractivity contribution in [2.75, 3.05) is 32.8 Å². The lowest BCUT2D eigenvalue weighted by Crippen LogP contribution is -2.46. The molecule has 3 rings (SSSR count). The van der Waals surface area contributed by atoms with E-state index in [1.54, 1.807) is 6.20 Å². The van der Waals surface area contributed by atoms with Gasteiger partial charge in [-0.05, 0) is 31.5 Å². The molecule has 0 saturated carbocycles. The van der Waals surface area contributed by atoms with Gasteiger partial charge in [0.2, 0.25) is 11.8 Å². The van der Waals surface area contributed by atoms with Crippen molar-refractivity contribution >= 4 is 22.7 Å². The van der Waals surface area contributed by atoms with Crippen molar-refractivity contribution in [1.29, 1.82) is 0 Å². The minimum atomic E-state index is -0.358. The molecule has 0 aliphatic carbocycles. The zero-order valence-corrected chi connectivity index (χ0v) is 14.7. The minimum absolute atomic E-state index is 0.00110. The molecule has 1 unspecified atom stereocenters. The van der Waals surface area contributed by atoms with Gasteiger partial charge >= 0.3 is 0 Å². The molecule has 1 aromatic heterocycles. The number of hydrogen-bond donors (Lipinski definition) is 2. The zero-order valence-electron chi connectivity index (χ0n) is 14.7. The average molecular weight is 356 g/mol. The number of benzene rings is 1. The normalized spacial score (nSPS) is 17.8. The Morgan fingerprint density at radius 3 is 3.00 bits per heavy atom. The van der Waals surface area contributed by atoms with Gasteiger partial charge < -0.3 is 15.8 Å². The number of primary amides is 1. The van der Waals surface area contributed by atoms with Crippen molar-refractivity contribution in [1.82, 2.24) is 15.2 Å². The van der Waals surface area contributed by atoms with Gasteiger partial charge in [-0.3, -0.25) is 19.5 Å². The van der Waals surface area contributed by atoms with E-state index in [1.165, 1.54) is 0 Å². The highest BCUT2D eigenvalue weighted by Gasteiger charge is 2.26. The van der Waals surface area contributed by atoms with Crippen LogP contribution in [0.1, 0.15) is 12.8 Å². The molecule has 0 spiro atoms. The van der Waals surface area contributed by atoms with E-state index in [0.29, 0.717) is 25.4 Å². The largest absolute Gasteiger partial charge is 0.489 e. The standard InChI is InChI=1S/C19H24N4O3/c20-17(24)13-23-10-3-6-15(12-23)19(25)22-9-11-26-16-7-1-4-14-5-2-8-21-18(14)16/h1-2,4-5,7-8,15H,3,6,9-13H2,(H2,20,24)(H,22,25). The van der Waals surface area contributed by atoms with Crippen molar-refractivity contribution in [3.8, 4) is 5.75 Å². The first-order valence-electron chi connectivity index (χ1n) is 8.88. The molecule has 0 bridgehead atoms. The van der Waals surface area contributed by atoms with Crippen molar-refractivity contribution in [2.24, 2.45) is 11.7 Å². The van der Waals surface area contributed by atoms with Crippen LogP contribution in [-0.2, 0) is 9.59 Å². The van der Waals surface area contributed by atoms with E-state index < -0.39 is 0 Å². The topological polar surface area (TPSA) is 97.6 Å². The molecule has 2 amide bonds. The van der Waals surface area contributed by atoms with Gasteiger partial charge in [0, 0.05) is 18.1 Å². The van der Waals surface area contributed by atoms with E-state index in [-0.39, 0.29) is 24.3 Å². The summed E-state index contributed by atoms with van der Waals surface area (Å²) in [5, 5.41) is 3.94. The summed E-state index contributed by atoms with van der Waals surface area (Å²) in [6.45, 7) is 2.39. The number of likely N-dealkylation sites (tertiary alicyclic amines) is 1. The number of amides is 2. The lowest BCUT2D eigenvalue weighted by Gasteiger charge is -2.30. The van der Waals surface area contributed by atoms with Gasteiger partial charge in [0.1, 0.15) is 17.9 Å². The zero-order chi connectivity index (χ0) is 18.4. The van der Waals surface area contributed by atoms with Crippen LogP contribution in [0.3, 0.4) is 0 Å². The molecule has 7 nitrogen and oxygen atoms in total. The number of nitrogens with zero attached hydrogens (tertiary/aromatic N) is 2. The molecule has 7 heteroatoms. The Bertz CT molecular complexity index is 775. The molecule has 1 saturated heterocycles. The van der Waals surface area contributed by atoms with Crippen LogP contribution in [0.15, 0.2) is 36.5 Å². The number of piperidine rings is 1. The number of aromatic nitrogens is 1. The van der Waals surface area contributed by atoms with Gasteiger partial charge in [0.15, 0.2) is 0 Å². The number of rotatable bonds is 7. The summed E-state index contributed by atoms with van der Waals surface area (Å²) in [6, 6.07) is 9.65. The van der Waals surface area contributed by atoms with Crippen LogP contribution in [-0.4, -0.2) is 54.5 Å². The maximum absolute atomic E-state index is 12.3. The number of ether oxygens (including phenoxy) is 1. The third-order valence-corrected chi connectivity index (χ3v) is 4.51.